The molecule has 2 atom stereocenters. The van der Waals surface area contributed by atoms with Gasteiger partial charge in [0, 0.05) is 29.7 Å². The van der Waals surface area contributed by atoms with E-state index >= 15 is 0 Å². The second-order valence-corrected chi connectivity index (χ2v) is 9.92. The number of nitrogens with zero attached hydrogens (tertiary/aromatic N) is 1. The summed E-state index contributed by atoms with van der Waals surface area (Å²) in [6.45, 7) is 8.21. The zero-order valence-electron chi connectivity index (χ0n) is 21.1. The van der Waals surface area contributed by atoms with Crippen LogP contribution in [0.2, 0.25) is 5.02 Å². The van der Waals surface area contributed by atoms with Crippen LogP contribution in [-0.2, 0) is 16.0 Å². The van der Waals surface area contributed by atoms with Gasteiger partial charge >= 0.3 is 0 Å². The van der Waals surface area contributed by atoms with Crippen molar-refractivity contribution in [3.05, 3.63) is 87.4 Å². The van der Waals surface area contributed by atoms with Gasteiger partial charge in [0.05, 0.1) is 12.1 Å². The summed E-state index contributed by atoms with van der Waals surface area (Å²) in [5, 5.41) is 3.70. The molecule has 0 aliphatic carbocycles. The molecule has 4 rings (SSSR count). The second-order valence-electron chi connectivity index (χ2n) is 9.49. The van der Waals surface area contributed by atoms with E-state index in [1.54, 1.807) is 24.0 Å². The van der Waals surface area contributed by atoms with Gasteiger partial charge < -0.3 is 20.7 Å². The molecule has 3 N–H and O–H groups in total. The van der Waals surface area contributed by atoms with Crippen molar-refractivity contribution in [1.82, 2.24) is 5.32 Å². The lowest BCUT2D eigenvalue weighted by atomic mass is 9.93. The van der Waals surface area contributed by atoms with Crippen molar-refractivity contribution in [1.29, 1.82) is 0 Å². The predicted octanol–water partition coefficient (Wildman–Crippen LogP) is 5.54. The number of aryl methyl sites for hydroxylation is 3. The zero-order chi connectivity index (χ0) is 26.0. The molecule has 36 heavy (non-hydrogen) atoms. The van der Waals surface area contributed by atoms with E-state index in [4.69, 9.17) is 22.1 Å². The van der Waals surface area contributed by atoms with Gasteiger partial charge in [-0.1, -0.05) is 35.4 Å². The zero-order valence-corrected chi connectivity index (χ0v) is 21.9. The minimum absolute atomic E-state index is 0.0495. The Morgan fingerprint density at radius 3 is 2.44 bits per heavy atom. The highest BCUT2D eigenvalue weighted by atomic mass is 35.5. The number of nitrogens with two attached hydrogens (primary N) is 1. The first-order chi connectivity index (χ1) is 17.1. The number of ether oxygens (including phenoxy) is 1. The number of rotatable bonds is 6. The van der Waals surface area contributed by atoms with E-state index in [0.29, 0.717) is 35.9 Å². The maximum Gasteiger partial charge on any atom is 0.237 e. The molecule has 6 nitrogen and oxygen atoms in total. The molecular formula is C29H32ClN3O3. The molecule has 188 valence electrons. The van der Waals surface area contributed by atoms with Crippen molar-refractivity contribution < 1.29 is 14.3 Å². The summed E-state index contributed by atoms with van der Waals surface area (Å²) in [4.78, 5) is 27.2. The van der Waals surface area contributed by atoms with E-state index < -0.39 is 6.04 Å². The quantitative estimate of drug-likeness (QED) is 0.460. The summed E-state index contributed by atoms with van der Waals surface area (Å²) in [5.41, 5.74) is 12.5. The van der Waals surface area contributed by atoms with Crippen molar-refractivity contribution in [2.24, 2.45) is 5.73 Å². The summed E-state index contributed by atoms with van der Waals surface area (Å²) in [7, 11) is 0. The van der Waals surface area contributed by atoms with Gasteiger partial charge in [0.1, 0.15) is 11.5 Å². The minimum atomic E-state index is -0.690. The molecule has 3 aromatic carbocycles. The highest BCUT2D eigenvalue weighted by Crippen LogP contribution is 2.38. The van der Waals surface area contributed by atoms with Crippen LogP contribution in [-0.4, -0.2) is 24.4 Å². The number of carbonyl (C=O) groups is 2. The van der Waals surface area contributed by atoms with Gasteiger partial charge in [0.25, 0.3) is 0 Å². The van der Waals surface area contributed by atoms with E-state index in [1.807, 2.05) is 30.3 Å². The van der Waals surface area contributed by atoms with Crippen LogP contribution in [0.5, 0.6) is 11.5 Å². The molecule has 1 aliphatic heterocycles. The van der Waals surface area contributed by atoms with E-state index in [-0.39, 0.29) is 17.9 Å². The first-order valence-electron chi connectivity index (χ1n) is 12.1. The fourth-order valence-corrected chi connectivity index (χ4v) is 5.10. The highest BCUT2D eigenvalue weighted by molar-refractivity contribution is 6.30. The molecule has 2 unspecified atom stereocenters. The summed E-state index contributed by atoms with van der Waals surface area (Å²) in [6.07, 6.45) is 1.04. The van der Waals surface area contributed by atoms with E-state index in [9.17, 15) is 9.59 Å². The summed E-state index contributed by atoms with van der Waals surface area (Å²) in [6, 6.07) is 15.9. The summed E-state index contributed by atoms with van der Waals surface area (Å²) >= 11 is 6.09. The Balaban J connectivity index is 1.56. The van der Waals surface area contributed by atoms with Crippen molar-refractivity contribution >= 4 is 29.1 Å². The molecule has 7 heteroatoms. The number of hydrogen-bond donors (Lipinski definition) is 2. The van der Waals surface area contributed by atoms with Gasteiger partial charge in [0.2, 0.25) is 11.8 Å². The molecule has 0 saturated heterocycles. The Morgan fingerprint density at radius 2 is 1.78 bits per heavy atom. The molecule has 0 fully saturated rings. The summed E-state index contributed by atoms with van der Waals surface area (Å²) < 4.78 is 6.01. The predicted molar refractivity (Wildman–Crippen MR) is 144 cm³/mol. The van der Waals surface area contributed by atoms with E-state index in [1.165, 1.54) is 5.56 Å². The van der Waals surface area contributed by atoms with Crippen molar-refractivity contribution in [2.45, 2.75) is 52.6 Å². The molecule has 1 heterocycles. The highest BCUT2D eigenvalue weighted by Gasteiger charge is 2.30. The van der Waals surface area contributed by atoms with Crippen molar-refractivity contribution in [2.75, 3.05) is 11.4 Å². The van der Waals surface area contributed by atoms with Gasteiger partial charge in [-0.25, -0.2) is 0 Å². The van der Waals surface area contributed by atoms with Gasteiger partial charge in [-0.2, -0.15) is 0 Å². The number of fused-ring (bicyclic) bond motifs is 1. The van der Waals surface area contributed by atoms with Gasteiger partial charge in [0.15, 0.2) is 0 Å². The van der Waals surface area contributed by atoms with Crippen molar-refractivity contribution in [3.63, 3.8) is 0 Å². The minimum Gasteiger partial charge on any atom is -0.457 e. The van der Waals surface area contributed by atoms with Crippen LogP contribution in [0, 0.1) is 20.8 Å². The smallest absolute Gasteiger partial charge is 0.237 e. The molecule has 0 radical (unpaired) electrons. The summed E-state index contributed by atoms with van der Waals surface area (Å²) in [5.74, 6) is 0.929. The number of benzene rings is 3. The average molecular weight is 506 g/mol. The van der Waals surface area contributed by atoms with E-state index in [0.717, 1.165) is 27.9 Å². The molecule has 3 aromatic rings. The SMILES string of the molecule is CC(=O)N1CCC(NC(=O)C(N)Cc2c(C)cc(C)cc2C)c2cc(Oc3cccc(Cl)c3)ccc21. The topological polar surface area (TPSA) is 84.7 Å². The van der Waals surface area contributed by atoms with Crippen molar-refractivity contribution in [3.8, 4) is 11.5 Å². The van der Waals surface area contributed by atoms with E-state index in [2.05, 4.69) is 38.2 Å². The first kappa shape index (κ1) is 25.7. The monoisotopic (exact) mass is 505 g/mol. The maximum atomic E-state index is 13.2. The average Bonchev–Trinajstić information content (AvgIpc) is 2.81. The molecule has 0 bridgehead atoms. The fourth-order valence-electron chi connectivity index (χ4n) is 4.92. The van der Waals surface area contributed by atoms with Gasteiger partial charge in [-0.05, 0) is 86.7 Å². The van der Waals surface area contributed by atoms with Crippen LogP contribution in [0.1, 0.15) is 47.2 Å². The third-order valence-corrected chi connectivity index (χ3v) is 6.87. The van der Waals surface area contributed by atoms with Crippen LogP contribution >= 0.6 is 11.6 Å². The molecule has 0 spiro atoms. The molecule has 1 aliphatic rings. The lowest BCUT2D eigenvalue weighted by Gasteiger charge is -2.35. The number of nitrogens with one attached hydrogen (secondary N) is 1. The van der Waals surface area contributed by atoms with Crippen LogP contribution < -0.4 is 20.7 Å². The van der Waals surface area contributed by atoms with Gasteiger partial charge in [-0.3, -0.25) is 9.59 Å². The second kappa shape index (κ2) is 10.7. The number of hydrogen-bond acceptors (Lipinski definition) is 4. The van der Waals surface area contributed by atoms with Crippen LogP contribution in [0.25, 0.3) is 0 Å². The maximum absolute atomic E-state index is 13.2. The first-order valence-corrected chi connectivity index (χ1v) is 12.5. The Kier molecular flexibility index (Phi) is 7.67. The molecule has 0 saturated carbocycles. The Hall–Kier alpha value is -3.35. The fraction of sp³-hybridized carbons (Fsp3) is 0.310. The molecule has 2 amide bonds. The standard InChI is InChI=1S/C29H32ClN3O3/c1-17-12-18(2)24(19(3)13-17)16-26(31)29(35)32-27-10-11-33(20(4)34)28-9-8-23(15-25(27)28)36-22-7-5-6-21(30)14-22/h5-9,12-15,26-27H,10-11,16,31H2,1-4H3,(H,32,35). The Labute approximate surface area is 217 Å². The lowest BCUT2D eigenvalue weighted by Crippen LogP contribution is -2.46. The van der Waals surface area contributed by atoms with Crippen LogP contribution in [0.15, 0.2) is 54.6 Å². The third-order valence-electron chi connectivity index (χ3n) is 6.64. The lowest BCUT2D eigenvalue weighted by molar-refractivity contribution is -0.123. The largest absolute Gasteiger partial charge is 0.457 e. The third kappa shape index (κ3) is 5.72. The molecule has 0 aromatic heterocycles. The normalized spacial score (nSPS) is 15.7. The Morgan fingerprint density at radius 1 is 1.08 bits per heavy atom. The van der Waals surface area contributed by atoms with Gasteiger partial charge in [-0.15, -0.1) is 0 Å². The Bertz CT molecular complexity index is 1280. The van der Waals surface area contributed by atoms with Crippen LogP contribution in [0.3, 0.4) is 0 Å². The van der Waals surface area contributed by atoms with Crippen LogP contribution in [0.4, 0.5) is 5.69 Å². The number of anilines is 1. The number of amides is 2. The number of halogens is 1. The number of carbonyl (C=O) groups excluding carboxylic acids is 2. The molecular weight excluding hydrogens is 474 g/mol.